The summed E-state index contributed by atoms with van der Waals surface area (Å²) in [7, 11) is 0. The highest BCUT2D eigenvalue weighted by Crippen LogP contribution is 1.99. The summed E-state index contributed by atoms with van der Waals surface area (Å²) in [4.78, 5) is 0. The maximum atomic E-state index is 5.59. The van der Waals surface area contributed by atoms with E-state index in [4.69, 9.17) is 4.74 Å². The normalized spacial score (nSPS) is 12.7. The molecule has 0 aliphatic heterocycles. The summed E-state index contributed by atoms with van der Waals surface area (Å²) in [6.45, 7) is 5.94. The van der Waals surface area contributed by atoms with E-state index in [9.17, 15) is 0 Å². The zero-order chi connectivity index (χ0) is 10.9. The molecule has 0 heterocycles. The van der Waals surface area contributed by atoms with Crippen LogP contribution in [0.2, 0.25) is 0 Å². The van der Waals surface area contributed by atoms with Crippen LogP contribution in [0, 0.1) is 0 Å². The highest BCUT2D eigenvalue weighted by Gasteiger charge is 1.99. The summed E-state index contributed by atoms with van der Waals surface area (Å²) in [5.74, 6) is 0. The highest BCUT2D eigenvalue weighted by atomic mass is 16.5. The van der Waals surface area contributed by atoms with Crippen LogP contribution in [0.1, 0.15) is 32.3 Å². The Bertz CT molecular complexity index is 248. The summed E-state index contributed by atoms with van der Waals surface area (Å²) in [5.41, 5.74) is 1.29. The molecule has 1 aromatic carbocycles. The van der Waals surface area contributed by atoms with Gasteiger partial charge < -0.3 is 4.74 Å². The second-order valence-corrected chi connectivity index (χ2v) is 3.73. The predicted molar refractivity (Wildman–Crippen MR) is 63.6 cm³/mol. The van der Waals surface area contributed by atoms with Crippen LogP contribution in [-0.4, -0.2) is 12.8 Å². The van der Waals surface area contributed by atoms with Crippen LogP contribution in [0.15, 0.2) is 30.3 Å². The molecule has 1 unspecified atom stereocenters. The Balaban J connectivity index is 2.14. The van der Waals surface area contributed by atoms with Crippen LogP contribution in [0.5, 0.6) is 0 Å². The third kappa shape index (κ3) is 5.55. The number of hydrogen-bond donors (Lipinski definition) is 1. The van der Waals surface area contributed by atoms with Crippen molar-refractivity contribution in [1.29, 1.82) is 0 Å². The molecule has 2 nitrogen and oxygen atoms in total. The first-order valence-electron chi connectivity index (χ1n) is 5.72. The number of benzene rings is 1. The number of hydrogen-bond acceptors (Lipinski definition) is 2. The van der Waals surface area contributed by atoms with Gasteiger partial charge in [-0.1, -0.05) is 43.7 Å². The predicted octanol–water partition coefficient (Wildman–Crippen LogP) is 2.94. The first kappa shape index (κ1) is 12.2. The molecule has 0 aliphatic rings. The first-order valence-corrected chi connectivity index (χ1v) is 5.72. The second-order valence-electron chi connectivity index (χ2n) is 3.73. The molecule has 0 saturated carbocycles. The summed E-state index contributed by atoms with van der Waals surface area (Å²) < 4.78 is 5.59. The summed E-state index contributed by atoms with van der Waals surface area (Å²) in [6.07, 6.45) is 2.46. The van der Waals surface area contributed by atoms with Crippen LogP contribution < -0.4 is 5.32 Å². The fourth-order valence-corrected chi connectivity index (χ4v) is 1.32. The van der Waals surface area contributed by atoms with E-state index in [0.717, 1.165) is 19.6 Å². The molecule has 0 aromatic heterocycles. The molecule has 2 heteroatoms. The lowest BCUT2D eigenvalue weighted by Gasteiger charge is -2.14. The number of ether oxygens (including phenoxy) is 1. The van der Waals surface area contributed by atoms with E-state index in [1.54, 1.807) is 0 Å². The van der Waals surface area contributed by atoms with Gasteiger partial charge in [0.15, 0.2) is 0 Å². The molecule has 1 rings (SSSR count). The molecule has 1 N–H and O–H groups in total. The Morgan fingerprint density at radius 3 is 2.67 bits per heavy atom. The molecule has 0 fully saturated rings. The molecular formula is C13H21NO. The lowest BCUT2D eigenvalue weighted by Crippen LogP contribution is -2.28. The molecule has 84 valence electrons. The van der Waals surface area contributed by atoms with Crippen molar-refractivity contribution in [2.45, 2.75) is 39.5 Å². The van der Waals surface area contributed by atoms with Gasteiger partial charge in [-0.15, -0.1) is 0 Å². The Hall–Kier alpha value is -0.860. The molecule has 0 amide bonds. The fourth-order valence-electron chi connectivity index (χ4n) is 1.32. The molecule has 0 radical (unpaired) electrons. The Morgan fingerprint density at radius 2 is 2.00 bits per heavy atom. The second kappa shape index (κ2) is 7.43. The standard InChI is InChI=1S/C13H21NO/c1-3-4-10-15-12(2)14-11-13-8-6-5-7-9-13/h5-9,12,14H,3-4,10-11H2,1-2H3. The van der Waals surface area contributed by atoms with Crippen molar-refractivity contribution >= 4 is 0 Å². The van der Waals surface area contributed by atoms with E-state index < -0.39 is 0 Å². The SMILES string of the molecule is CCCCOC(C)NCc1ccccc1. The third-order valence-corrected chi connectivity index (χ3v) is 2.30. The van der Waals surface area contributed by atoms with E-state index in [0.29, 0.717) is 0 Å². The van der Waals surface area contributed by atoms with Crippen LogP contribution in [0.25, 0.3) is 0 Å². The first-order chi connectivity index (χ1) is 7.33. The maximum absolute atomic E-state index is 5.59. The monoisotopic (exact) mass is 207 g/mol. The van der Waals surface area contributed by atoms with Crippen molar-refractivity contribution in [2.24, 2.45) is 0 Å². The maximum Gasteiger partial charge on any atom is 0.105 e. The molecule has 0 spiro atoms. The van der Waals surface area contributed by atoms with Gasteiger partial charge in [0.25, 0.3) is 0 Å². The van der Waals surface area contributed by atoms with Crippen molar-refractivity contribution in [2.75, 3.05) is 6.61 Å². The van der Waals surface area contributed by atoms with Crippen LogP contribution in [0.3, 0.4) is 0 Å². The van der Waals surface area contributed by atoms with E-state index in [1.807, 2.05) is 6.07 Å². The lowest BCUT2D eigenvalue weighted by molar-refractivity contribution is 0.0397. The van der Waals surface area contributed by atoms with Crippen molar-refractivity contribution in [3.63, 3.8) is 0 Å². The van der Waals surface area contributed by atoms with E-state index >= 15 is 0 Å². The van der Waals surface area contributed by atoms with Crippen molar-refractivity contribution < 1.29 is 4.74 Å². The molecular weight excluding hydrogens is 186 g/mol. The average Bonchev–Trinajstić information content (AvgIpc) is 2.28. The van der Waals surface area contributed by atoms with Crippen LogP contribution in [-0.2, 0) is 11.3 Å². The molecule has 0 aliphatic carbocycles. The van der Waals surface area contributed by atoms with E-state index in [1.165, 1.54) is 12.0 Å². The molecule has 15 heavy (non-hydrogen) atoms. The van der Waals surface area contributed by atoms with Crippen molar-refractivity contribution in [3.05, 3.63) is 35.9 Å². The van der Waals surface area contributed by atoms with Gasteiger partial charge in [0.2, 0.25) is 0 Å². The van der Waals surface area contributed by atoms with Crippen LogP contribution in [0.4, 0.5) is 0 Å². The van der Waals surface area contributed by atoms with Gasteiger partial charge in [-0.3, -0.25) is 5.32 Å². The van der Waals surface area contributed by atoms with Gasteiger partial charge in [-0.2, -0.15) is 0 Å². The summed E-state index contributed by atoms with van der Waals surface area (Å²) >= 11 is 0. The van der Waals surface area contributed by atoms with Gasteiger partial charge in [0.05, 0.1) is 0 Å². The number of rotatable bonds is 7. The topological polar surface area (TPSA) is 21.3 Å². The quantitative estimate of drug-likeness (QED) is 0.548. The lowest BCUT2D eigenvalue weighted by atomic mass is 10.2. The van der Waals surface area contributed by atoms with Crippen molar-refractivity contribution in [1.82, 2.24) is 5.32 Å². The number of unbranched alkanes of at least 4 members (excludes halogenated alkanes) is 1. The Labute approximate surface area is 92.6 Å². The highest BCUT2D eigenvalue weighted by molar-refractivity contribution is 5.14. The van der Waals surface area contributed by atoms with Gasteiger partial charge >= 0.3 is 0 Å². The van der Waals surface area contributed by atoms with E-state index in [-0.39, 0.29) is 6.23 Å². The van der Waals surface area contributed by atoms with Gasteiger partial charge in [0.1, 0.15) is 6.23 Å². The minimum Gasteiger partial charge on any atom is -0.364 e. The third-order valence-electron chi connectivity index (χ3n) is 2.30. The average molecular weight is 207 g/mol. The minimum atomic E-state index is 0.136. The molecule has 1 atom stereocenters. The van der Waals surface area contributed by atoms with Gasteiger partial charge in [0, 0.05) is 13.2 Å². The van der Waals surface area contributed by atoms with Crippen molar-refractivity contribution in [3.8, 4) is 0 Å². The summed E-state index contributed by atoms with van der Waals surface area (Å²) in [5, 5.41) is 3.34. The Kier molecular flexibility index (Phi) is 6.05. The minimum absolute atomic E-state index is 0.136. The number of nitrogens with one attached hydrogen (secondary N) is 1. The fraction of sp³-hybridized carbons (Fsp3) is 0.538. The van der Waals surface area contributed by atoms with Gasteiger partial charge in [-0.25, -0.2) is 0 Å². The van der Waals surface area contributed by atoms with Crippen LogP contribution >= 0.6 is 0 Å². The Morgan fingerprint density at radius 1 is 1.27 bits per heavy atom. The summed E-state index contributed by atoms with van der Waals surface area (Å²) in [6, 6.07) is 10.4. The van der Waals surface area contributed by atoms with Gasteiger partial charge in [-0.05, 0) is 18.9 Å². The molecule has 0 saturated heterocycles. The van der Waals surface area contributed by atoms with E-state index in [2.05, 4.69) is 43.4 Å². The zero-order valence-electron chi connectivity index (χ0n) is 9.70. The smallest absolute Gasteiger partial charge is 0.105 e. The zero-order valence-corrected chi connectivity index (χ0v) is 9.70. The molecule has 0 bridgehead atoms. The molecule has 1 aromatic rings. The largest absolute Gasteiger partial charge is 0.364 e.